The summed E-state index contributed by atoms with van der Waals surface area (Å²) in [5.74, 6) is 2.03. The fraction of sp³-hybridized carbons (Fsp3) is 0.269. The number of likely N-dealkylation sites (N-methyl/N-ethyl adjacent to an activating group) is 1. The zero-order chi connectivity index (χ0) is 55.6. The van der Waals surface area contributed by atoms with Crippen molar-refractivity contribution in [2.24, 2.45) is 0 Å². The molecule has 0 bridgehead atoms. The average molecular weight is 1110 g/mol. The number of allylic oxidation sites excluding steroid dienone is 3. The molecule has 1 aliphatic carbocycles. The summed E-state index contributed by atoms with van der Waals surface area (Å²) >= 11 is 12.9. The van der Waals surface area contributed by atoms with Crippen LogP contribution < -0.4 is 19.7 Å². The van der Waals surface area contributed by atoms with Crippen molar-refractivity contribution in [3.63, 3.8) is 0 Å². The van der Waals surface area contributed by atoms with Crippen molar-refractivity contribution in [3.05, 3.63) is 241 Å². The lowest BCUT2D eigenvalue weighted by atomic mass is 9.99. The number of methoxy groups -OCH3 is 1. The standard InChI is InChI=1S/C67H67Cl2N5O6/c1-4-72(36-34-70-45-50-24-32-59(33-25-50)78-5-2)63-23-14-35-74(57-19-9-7-10-20-57)67(76)66(63)80-60-43-54-29-28-53(42-56(54)44-60)52-17-12-16-49(41-52)15-8-6-11-22-62(64(47-75)79-48-51-26-30-58(77-3)31-27-51)73-39-37-71(38-40-73)46-55-18-13-21-61(68)65(55)69/h7,9-10,12-22,24-33,35,41-42,47,60,70H,4-5,23,34,36-40,43-46,48H2,1-3H3/b64-62-. The van der Waals surface area contributed by atoms with E-state index in [4.69, 9.17) is 42.1 Å². The first-order valence-electron chi connectivity index (χ1n) is 27.3. The molecule has 1 unspecified atom stereocenters. The lowest BCUT2D eigenvalue weighted by Crippen LogP contribution is -2.45. The zero-order valence-corrected chi connectivity index (χ0v) is 47.1. The lowest BCUT2D eigenvalue weighted by molar-refractivity contribution is -0.119. The molecule has 80 heavy (non-hydrogen) atoms. The van der Waals surface area contributed by atoms with Crippen molar-refractivity contribution in [3.8, 4) is 22.6 Å². The molecule has 6 aromatic carbocycles. The number of rotatable bonds is 23. The molecule has 1 atom stereocenters. The van der Waals surface area contributed by atoms with E-state index >= 15 is 0 Å². The Morgan fingerprint density at radius 1 is 0.800 bits per heavy atom. The second kappa shape index (κ2) is 28.3. The molecule has 2 aliphatic heterocycles. The zero-order valence-electron chi connectivity index (χ0n) is 45.6. The molecule has 410 valence electrons. The van der Waals surface area contributed by atoms with Gasteiger partial charge in [-0.2, -0.15) is 0 Å². The highest BCUT2D eigenvalue weighted by Crippen LogP contribution is 2.34. The summed E-state index contributed by atoms with van der Waals surface area (Å²) < 4.78 is 24.1. The van der Waals surface area contributed by atoms with Crippen molar-refractivity contribution in [2.75, 3.05) is 64.4 Å². The third kappa shape index (κ3) is 14.8. The predicted octanol–water partition coefficient (Wildman–Crippen LogP) is 12.7. The predicted molar refractivity (Wildman–Crippen MR) is 319 cm³/mol. The topological polar surface area (TPSA) is 96.0 Å². The Bertz CT molecular complexity index is 3350. The van der Waals surface area contributed by atoms with E-state index in [0.29, 0.717) is 73.5 Å². The first-order valence-corrected chi connectivity index (χ1v) is 28.1. The number of nitrogens with zero attached hydrogens (tertiary/aromatic N) is 4. The summed E-state index contributed by atoms with van der Waals surface area (Å²) in [7, 11) is 1.62. The number of nitrogens with one attached hydrogen (secondary N) is 1. The Morgan fingerprint density at radius 3 is 2.31 bits per heavy atom. The van der Waals surface area contributed by atoms with E-state index in [1.807, 2.05) is 110 Å². The number of amides is 1. The maximum Gasteiger partial charge on any atom is 0.299 e. The van der Waals surface area contributed by atoms with Crippen LogP contribution in [-0.2, 0) is 51.6 Å². The minimum Gasteiger partial charge on any atom is -0.497 e. The maximum atomic E-state index is 14.7. The number of carbonyl (C=O) groups is 2. The van der Waals surface area contributed by atoms with Crippen molar-refractivity contribution in [2.45, 2.75) is 58.9 Å². The Labute approximate surface area is 480 Å². The molecule has 6 aromatic rings. The number of para-hydroxylation sites is 1. The maximum absolute atomic E-state index is 14.7. The highest BCUT2D eigenvalue weighted by Gasteiger charge is 2.33. The first kappa shape index (κ1) is 56.8. The van der Waals surface area contributed by atoms with Crippen LogP contribution in [0.2, 0.25) is 10.0 Å². The van der Waals surface area contributed by atoms with E-state index < -0.39 is 0 Å². The van der Waals surface area contributed by atoms with Crippen LogP contribution in [0.5, 0.6) is 11.5 Å². The summed E-state index contributed by atoms with van der Waals surface area (Å²) in [4.78, 5) is 35.8. The average Bonchev–Trinajstić information content (AvgIpc) is 3.84. The Morgan fingerprint density at radius 2 is 1.55 bits per heavy atom. The lowest BCUT2D eigenvalue weighted by Gasteiger charge is -2.36. The normalized spacial score (nSPS) is 15.4. The number of benzene rings is 6. The molecular formula is C67H67Cl2N5O6. The van der Waals surface area contributed by atoms with Gasteiger partial charge in [0, 0.05) is 96.1 Å². The van der Waals surface area contributed by atoms with Crippen molar-refractivity contribution < 1.29 is 28.5 Å². The quantitative estimate of drug-likeness (QED) is 0.0167. The van der Waals surface area contributed by atoms with Crippen molar-refractivity contribution >= 4 is 47.2 Å². The Balaban J connectivity index is 0.896. The van der Waals surface area contributed by atoms with Gasteiger partial charge < -0.3 is 34.1 Å². The van der Waals surface area contributed by atoms with Crippen LogP contribution >= 0.6 is 23.2 Å². The minimum atomic E-state index is -0.220. The molecule has 0 saturated carbocycles. The molecule has 2 heterocycles. The number of fused-ring (bicyclic) bond motifs is 1. The number of piperazine rings is 1. The number of hydrogen-bond donors (Lipinski definition) is 1. The van der Waals surface area contributed by atoms with Gasteiger partial charge in [-0.25, -0.2) is 0 Å². The van der Waals surface area contributed by atoms with Gasteiger partial charge in [-0.15, -0.1) is 0 Å². The van der Waals surface area contributed by atoms with Gasteiger partial charge in [0.25, 0.3) is 5.91 Å². The van der Waals surface area contributed by atoms with E-state index in [0.717, 1.165) is 89.7 Å². The molecule has 0 spiro atoms. The summed E-state index contributed by atoms with van der Waals surface area (Å²) in [6.07, 6.45) is 10.00. The summed E-state index contributed by atoms with van der Waals surface area (Å²) in [6, 6.07) is 46.1. The van der Waals surface area contributed by atoms with Crippen LogP contribution in [0.25, 0.3) is 17.2 Å². The Kier molecular flexibility index (Phi) is 20.1. The molecule has 1 amide bonds. The van der Waals surface area contributed by atoms with Gasteiger partial charge in [-0.1, -0.05) is 132 Å². The van der Waals surface area contributed by atoms with Crippen LogP contribution in [0.15, 0.2) is 198 Å². The fourth-order valence-electron chi connectivity index (χ4n) is 10.2. The van der Waals surface area contributed by atoms with Crippen LogP contribution in [0.3, 0.4) is 0 Å². The highest BCUT2D eigenvalue weighted by molar-refractivity contribution is 6.42. The van der Waals surface area contributed by atoms with Gasteiger partial charge in [0.1, 0.15) is 24.2 Å². The molecule has 1 N–H and O–H groups in total. The highest BCUT2D eigenvalue weighted by atomic mass is 35.5. The van der Waals surface area contributed by atoms with Gasteiger partial charge >= 0.3 is 0 Å². The molecule has 0 aromatic heterocycles. The number of anilines is 1. The van der Waals surface area contributed by atoms with Crippen LogP contribution in [0, 0.1) is 0 Å². The number of hydrogen-bond acceptors (Lipinski definition) is 10. The molecule has 13 heteroatoms. The van der Waals surface area contributed by atoms with E-state index in [1.54, 1.807) is 24.2 Å². The van der Waals surface area contributed by atoms with Gasteiger partial charge in [-0.05, 0) is 119 Å². The summed E-state index contributed by atoms with van der Waals surface area (Å²) in [5, 5.41) is 4.70. The summed E-state index contributed by atoms with van der Waals surface area (Å²) in [5.41, 5.74) is 20.2. The molecule has 1 fully saturated rings. The van der Waals surface area contributed by atoms with Gasteiger partial charge in [0.2, 0.25) is 5.76 Å². The van der Waals surface area contributed by atoms with Gasteiger partial charge in [0.05, 0.1) is 35.2 Å². The number of aldehydes is 1. The van der Waals surface area contributed by atoms with E-state index in [-0.39, 0.29) is 24.4 Å². The van der Waals surface area contributed by atoms with Crippen LogP contribution in [0.1, 0.15) is 53.6 Å². The third-order valence-electron chi connectivity index (χ3n) is 14.4. The fourth-order valence-corrected chi connectivity index (χ4v) is 10.5. The number of ether oxygens (including phenoxy) is 4. The molecule has 0 radical (unpaired) electrons. The molecule has 3 aliphatic rings. The summed E-state index contributed by atoms with van der Waals surface area (Å²) in [6.45, 7) is 11.2. The van der Waals surface area contributed by atoms with E-state index in [2.05, 4.69) is 92.7 Å². The second-order valence-electron chi connectivity index (χ2n) is 19.6. The molecular weight excluding hydrogens is 1040 g/mol. The van der Waals surface area contributed by atoms with Gasteiger partial charge in [-0.3, -0.25) is 19.4 Å². The number of carbonyl (C=O) groups excluding carboxylic acids is 2. The Hall–Kier alpha value is -7.94. The molecule has 9 rings (SSSR count). The van der Waals surface area contributed by atoms with Crippen molar-refractivity contribution in [1.82, 2.24) is 20.0 Å². The SMILES string of the molecule is CCOc1ccc(CNCCN(CC)C2=C(OC3Cc4ccc(-c5cccc(C=C=C=C=C/C(=C(\C=O)OCc6ccc(OC)cc6)N6CCN(Cc7cccc(Cl)c7Cl)CC6)c5)cc4C3)C(=O)N(c3ccccc3)C=CC2)cc1. The monoisotopic (exact) mass is 1110 g/mol. The van der Waals surface area contributed by atoms with E-state index in [9.17, 15) is 9.59 Å². The second-order valence-corrected chi connectivity index (χ2v) is 20.4. The number of halogens is 2. The van der Waals surface area contributed by atoms with E-state index in [1.165, 1.54) is 16.7 Å². The smallest absolute Gasteiger partial charge is 0.299 e. The molecule has 11 nitrogen and oxygen atoms in total. The van der Waals surface area contributed by atoms with Gasteiger partial charge in [0.15, 0.2) is 12.0 Å². The van der Waals surface area contributed by atoms with Crippen LogP contribution in [0.4, 0.5) is 5.69 Å². The molecule has 1 saturated heterocycles. The van der Waals surface area contributed by atoms with Crippen molar-refractivity contribution in [1.29, 1.82) is 0 Å². The largest absolute Gasteiger partial charge is 0.497 e. The third-order valence-corrected chi connectivity index (χ3v) is 15.3. The first-order chi connectivity index (χ1) is 39.2. The van der Waals surface area contributed by atoms with Crippen LogP contribution in [-0.4, -0.2) is 92.5 Å². The minimum absolute atomic E-state index is 0.176.